The van der Waals surface area contributed by atoms with Gasteiger partial charge in [-0.05, 0) is 38.0 Å². The highest BCUT2D eigenvalue weighted by molar-refractivity contribution is 9.10. The van der Waals surface area contributed by atoms with Crippen molar-refractivity contribution in [3.63, 3.8) is 0 Å². The predicted molar refractivity (Wildman–Crippen MR) is 110 cm³/mol. The Kier molecular flexibility index (Phi) is 4.94. The molecule has 3 aliphatic rings. The van der Waals surface area contributed by atoms with Crippen molar-refractivity contribution in [1.29, 1.82) is 0 Å². The Morgan fingerprint density at radius 3 is 2.81 bits per heavy atom. The zero-order valence-electron chi connectivity index (χ0n) is 14.2. The summed E-state index contributed by atoms with van der Waals surface area (Å²) in [7, 11) is 0. The van der Waals surface area contributed by atoms with Crippen LogP contribution < -0.4 is 4.90 Å². The van der Waals surface area contributed by atoms with Crippen LogP contribution in [-0.2, 0) is 14.3 Å². The number of ether oxygens (including phenoxy) is 1. The summed E-state index contributed by atoms with van der Waals surface area (Å²) in [4.78, 5) is 29.7. The first-order valence-corrected chi connectivity index (χ1v) is 10.5. The van der Waals surface area contributed by atoms with E-state index >= 15 is 0 Å². The van der Waals surface area contributed by atoms with Gasteiger partial charge in [0.15, 0.2) is 0 Å². The SMILES string of the molecule is CCN1C(=O)/C(=C2\SC(=S)N(CC3CCCO3)C2=O)c2cc(Br)ccc21. The minimum absolute atomic E-state index is 0.0229. The zero-order valence-corrected chi connectivity index (χ0v) is 17.4. The Morgan fingerprint density at radius 2 is 2.12 bits per heavy atom. The molecule has 2 amide bonds. The van der Waals surface area contributed by atoms with E-state index in [0.29, 0.717) is 27.9 Å². The number of hydrogen-bond acceptors (Lipinski definition) is 5. The fourth-order valence-electron chi connectivity index (χ4n) is 3.54. The number of fused-ring (bicyclic) bond motifs is 1. The third-order valence-electron chi connectivity index (χ3n) is 4.78. The molecule has 1 aromatic rings. The predicted octanol–water partition coefficient (Wildman–Crippen LogP) is 3.57. The number of rotatable bonds is 3. The van der Waals surface area contributed by atoms with Crippen LogP contribution in [0, 0.1) is 0 Å². The van der Waals surface area contributed by atoms with Crippen molar-refractivity contribution >= 4 is 67.3 Å². The number of carbonyl (C=O) groups excluding carboxylic acids is 2. The Balaban J connectivity index is 1.74. The van der Waals surface area contributed by atoms with Gasteiger partial charge in [-0.25, -0.2) is 0 Å². The van der Waals surface area contributed by atoms with Crippen molar-refractivity contribution in [3.05, 3.63) is 33.1 Å². The molecular weight excluding hydrogens is 436 g/mol. The van der Waals surface area contributed by atoms with Gasteiger partial charge in [0.1, 0.15) is 4.32 Å². The van der Waals surface area contributed by atoms with E-state index in [0.717, 1.165) is 35.2 Å². The molecule has 3 heterocycles. The number of halogens is 1. The molecule has 2 saturated heterocycles. The van der Waals surface area contributed by atoms with E-state index in [1.165, 1.54) is 11.8 Å². The molecule has 8 heteroatoms. The van der Waals surface area contributed by atoms with Gasteiger partial charge >= 0.3 is 0 Å². The maximum absolute atomic E-state index is 13.0. The Bertz CT molecular complexity index is 849. The molecule has 136 valence electrons. The van der Waals surface area contributed by atoms with E-state index in [2.05, 4.69) is 15.9 Å². The van der Waals surface area contributed by atoms with Gasteiger partial charge in [-0.15, -0.1) is 0 Å². The maximum Gasteiger partial charge on any atom is 0.267 e. The number of amides is 2. The van der Waals surface area contributed by atoms with Crippen LogP contribution in [0.2, 0.25) is 0 Å². The quantitative estimate of drug-likeness (QED) is 0.518. The molecule has 5 nitrogen and oxygen atoms in total. The molecule has 0 saturated carbocycles. The summed E-state index contributed by atoms with van der Waals surface area (Å²) < 4.78 is 7.00. The van der Waals surface area contributed by atoms with Crippen molar-refractivity contribution in [1.82, 2.24) is 4.90 Å². The maximum atomic E-state index is 13.0. The third-order valence-corrected chi connectivity index (χ3v) is 6.72. The number of carbonyl (C=O) groups is 2. The molecule has 1 atom stereocenters. The minimum Gasteiger partial charge on any atom is -0.376 e. The second kappa shape index (κ2) is 7.07. The lowest BCUT2D eigenvalue weighted by atomic mass is 10.1. The van der Waals surface area contributed by atoms with Crippen LogP contribution in [0.4, 0.5) is 5.69 Å². The molecule has 0 radical (unpaired) electrons. The van der Waals surface area contributed by atoms with Gasteiger partial charge in [0, 0.05) is 23.2 Å². The molecule has 0 aromatic heterocycles. The highest BCUT2D eigenvalue weighted by Crippen LogP contribution is 2.45. The zero-order chi connectivity index (χ0) is 18.4. The van der Waals surface area contributed by atoms with Gasteiger partial charge in [-0.2, -0.15) is 0 Å². The molecule has 1 unspecified atom stereocenters. The van der Waals surface area contributed by atoms with Gasteiger partial charge in [-0.3, -0.25) is 14.5 Å². The van der Waals surface area contributed by atoms with Crippen molar-refractivity contribution in [2.45, 2.75) is 25.9 Å². The molecule has 26 heavy (non-hydrogen) atoms. The standard InChI is InChI=1S/C18H17BrN2O3S2/c1-2-20-13-6-5-10(19)8-12(13)14(16(20)22)15-17(23)21(18(25)26-15)9-11-4-3-7-24-11/h5-6,8,11H,2-4,7,9H2,1H3/b15-14-. The number of thioether (sulfide) groups is 1. The van der Waals surface area contributed by atoms with Crippen molar-refractivity contribution < 1.29 is 14.3 Å². The van der Waals surface area contributed by atoms with Gasteiger partial charge in [-0.1, -0.05) is 39.9 Å². The van der Waals surface area contributed by atoms with Gasteiger partial charge in [0.05, 0.1) is 28.8 Å². The molecule has 0 spiro atoms. The molecule has 0 aliphatic carbocycles. The van der Waals surface area contributed by atoms with Crippen molar-refractivity contribution in [2.75, 3.05) is 24.6 Å². The highest BCUT2D eigenvalue weighted by Gasteiger charge is 2.42. The van der Waals surface area contributed by atoms with Crippen LogP contribution in [0.15, 0.2) is 27.6 Å². The first kappa shape index (κ1) is 18.2. The van der Waals surface area contributed by atoms with E-state index in [-0.39, 0.29) is 17.9 Å². The normalized spacial score (nSPS) is 25.6. The van der Waals surface area contributed by atoms with Crippen LogP contribution in [0.25, 0.3) is 5.57 Å². The van der Waals surface area contributed by atoms with E-state index in [4.69, 9.17) is 17.0 Å². The number of benzene rings is 1. The first-order chi connectivity index (χ1) is 12.5. The summed E-state index contributed by atoms with van der Waals surface area (Å²) in [6.45, 7) is 3.66. The number of anilines is 1. The smallest absolute Gasteiger partial charge is 0.267 e. The summed E-state index contributed by atoms with van der Waals surface area (Å²) in [5.41, 5.74) is 2.07. The van der Waals surface area contributed by atoms with Gasteiger partial charge < -0.3 is 9.64 Å². The van der Waals surface area contributed by atoms with E-state index in [9.17, 15) is 9.59 Å². The summed E-state index contributed by atoms with van der Waals surface area (Å²) in [5, 5.41) is 0. The molecule has 3 aliphatic heterocycles. The van der Waals surface area contributed by atoms with Crippen LogP contribution >= 0.6 is 39.9 Å². The van der Waals surface area contributed by atoms with Crippen molar-refractivity contribution in [3.8, 4) is 0 Å². The second-order valence-corrected chi connectivity index (χ2v) is 8.89. The lowest BCUT2D eigenvalue weighted by Gasteiger charge is -2.18. The van der Waals surface area contributed by atoms with Crippen LogP contribution in [0.5, 0.6) is 0 Å². The summed E-state index contributed by atoms with van der Waals surface area (Å²) in [6, 6.07) is 5.70. The fourth-order valence-corrected chi connectivity index (χ4v) is 5.24. The van der Waals surface area contributed by atoms with Gasteiger partial charge in [0.25, 0.3) is 11.8 Å². The van der Waals surface area contributed by atoms with E-state index in [1.54, 1.807) is 9.80 Å². The highest BCUT2D eigenvalue weighted by atomic mass is 79.9. The summed E-state index contributed by atoms with van der Waals surface area (Å²) >= 11 is 10.1. The fraction of sp³-hybridized carbons (Fsp3) is 0.389. The Hall–Kier alpha value is -1.22. The number of thiocarbonyl (C=S) groups is 1. The number of likely N-dealkylation sites (N-methyl/N-ethyl adjacent to an activating group) is 1. The Labute approximate surface area is 169 Å². The van der Waals surface area contributed by atoms with Crippen LogP contribution in [0.1, 0.15) is 25.3 Å². The number of nitrogens with zero attached hydrogens (tertiary/aromatic N) is 2. The summed E-state index contributed by atoms with van der Waals surface area (Å²) in [5.74, 6) is -0.332. The molecular formula is C18H17BrN2O3S2. The molecule has 2 fully saturated rings. The van der Waals surface area contributed by atoms with Gasteiger partial charge in [0.2, 0.25) is 0 Å². The molecule has 0 bridgehead atoms. The molecule has 1 aromatic carbocycles. The van der Waals surface area contributed by atoms with Crippen molar-refractivity contribution in [2.24, 2.45) is 0 Å². The molecule has 0 N–H and O–H groups in total. The largest absolute Gasteiger partial charge is 0.376 e. The third kappa shape index (κ3) is 2.93. The topological polar surface area (TPSA) is 49.9 Å². The van der Waals surface area contributed by atoms with Crippen LogP contribution in [0.3, 0.4) is 0 Å². The van der Waals surface area contributed by atoms with E-state index < -0.39 is 0 Å². The number of hydrogen-bond donors (Lipinski definition) is 0. The average molecular weight is 453 g/mol. The monoisotopic (exact) mass is 452 g/mol. The lowest BCUT2D eigenvalue weighted by molar-refractivity contribution is -0.123. The van der Waals surface area contributed by atoms with E-state index in [1.807, 2.05) is 25.1 Å². The first-order valence-electron chi connectivity index (χ1n) is 8.52. The van der Waals surface area contributed by atoms with Crippen LogP contribution in [-0.4, -0.2) is 46.8 Å². The summed E-state index contributed by atoms with van der Waals surface area (Å²) in [6.07, 6.45) is 1.96. The Morgan fingerprint density at radius 1 is 1.31 bits per heavy atom. The molecule has 4 rings (SSSR count). The lowest BCUT2D eigenvalue weighted by Crippen LogP contribution is -2.35. The minimum atomic E-state index is -0.192. The second-order valence-electron chi connectivity index (χ2n) is 6.33. The average Bonchev–Trinajstić information content (AvgIpc) is 3.28.